The Bertz CT molecular complexity index is 94.5. The molecule has 0 aromatic rings. The smallest absolute Gasteiger partial charge is 0.0615 e. The summed E-state index contributed by atoms with van der Waals surface area (Å²) in [4.78, 5) is 0. The standard InChI is InChI=1S/C9H21NO2/c1-4-8(6-11)10-9(5-2)7-12-3/h8-11H,4-7H2,1-3H3/t8-,9?/m0/s1. The SMILES string of the molecule is CCC(COC)N[C@@H](CC)CO. The molecule has 2 N–H and O–H groups in total. The Morgan fingerprint density at radius 3 is 2.17 bits per heavy atom. The van der Waals surface area contributed by atoms with E-state index in [1.54, 1.807) is 7.11 Å². The minimum Gasteiger partial charge on any atom is -0.395 e. The third-order valence-electron chi connectivity index (χ3n) is 2.05. The predicted octanol–water partition coefficient (Wildman–Crippen LogP) is 0.772. The van der Waals surface area contributed by atoms with Gasteiger partial charge in [-0.25, -0.2) is 0 Å². The van der Waals surface area contributed by atoms with Gasteiger partial charge in [0.05, 0.1) is 13.2 Å². The molecule has 0 heterocycles. The highest BCUT2D eigenvalue weighted by Gasteiger charge is 2.10. The highest BCUT2D eigenvalue weighted by Crippen LogP contribution is 1.97. The van der Waals surface area contributed by atoms with Gasteiger partial charge in [-0.3, -0.25) is 0 Å². The molecule has 0 aliphatic heterocycles. The maximum Gasteiger partial charge on any atom is 0.0615 e. The van der Waals surface area contributed by atoms with Gasteiger partial charge < -0.3 is 15.2 Å². The number of nitrogens with one attached hydrogen (secondary N) is 1. The Morgan fingerprint density at radius 1 is 1.25 bits per heavy atom. The van der Waals surface area contributed by atoms with E-state index in [0.717, 1.165) is 12.8 Å². The van der Waals surface area contributed by atoms with Gasteiger partial charge in [0.2, 0.25) is 0 Å². The van der Waals surface area contributed by atoms with Gasteiger partial charge in [0, 0.05) is 19.2 Å². The van der Waals surface area contributed by atoms with Crippen molar-refractivity contribution in [3.63, 3.8) is 0 Å². The summed E-state index contributed by atoms with van der Waals surface area (Å²) in [5.41, 5.74) is 0. The van der Waals surface area contributed by atoms with Gasteiger partial charge in [-0.05, 0) is 12.8 Å². The second kappa shape index (κ2) is 7.53. The van der Waals surface area contributed by atoms with Gasteiger partial charge in [0.25, 0.3) is 0 Å². The molecule has 0 aliphatic carbocycles. The second-order valence-electron chi connectivity index (χ2n) is 3.01. The van der Waals surface area contributed by atoms with Gasteiger partial charge in [-0.1, -0.05) is 13.8 Å². The van der Waals surface area contributed by atoms with Crippen molar-refractivity contribution in [3.8, 4) is 0 Å². The Morgan fingerprint density at radius 2 is 1.83 bits per heavy atom. The van der Waals surface area contributed by atoms with Crippen LogP contribution in [0, 0.1) is 0 Å². The summed E-state index contributed by atoms with van der Waals surface area (Å²) in [6.45, 7) is 5.10. The molecular formula is C9H21NO2. The van der Waals surface area contributed by atoms with E-state index in [9.17, 15) is 0 Å². The molecule has 0 radical (unpaired) electrons. The highest BCUT2D eigenvalue weighted by molar-refractivity contribution is 4.71. The lowest BCUT2D eigenvalue weighted by molar-refractivity contribution is 0.145. The first-order valence-electron chi connectivity index (χ1n) is 4.64. The monoisotopic (exact) mass is 175 g/mol. The van der Waals surface area contributed by atoms with Gasteiger partial charge in [0.15, 0.2) is 0 Å². The molecule has 2 atom stereocenters. The van der Waals surface area contributed by atoms with Crippen LogP contribution in [0.4, 0.5) is 0 Å². The molecular weight excluding hydrogens is 154 g/mol. The fourth-order valence-corrected chi connectivity index (χ4v) is 1.12. The number of ether oxygens (including phenoxy) is 1. The maximum absolute atomic E-state index is 8.94. The number of rotatable bonds is 7. The van der Waals surface area contributed by atoms with Crippen LogP contribution in [0.25, 0.3) is 0 Å². The van der Waals surface area contributed by atoms with Crippen LogP contribution in [0.1, 0.15) is 26.7 Å². The molecule has 0 aliphatic rings. The van der Waals surface area contributed by atoms with Crippen LogP contribution < -0.4 is 5.32 Å². The van der Waals surface area contributed by atoms with Crippen molar-refractivity contribution in [2.75, 3.05) is 20.3 Å². The molecule has 74 valence electrons. The number of methoxy groups -OCH3 is 1. The first kappa shape index (κ1) is 11.9. The normalized spacial score (nSPS) is 16.0. The fourth-order valence-electron chi connectivity index (χ4n) is 1.12. The number of hydrogen-bond donors (Lipinski definition) is 2. The van der Waals surface area contributed by atoms with Crippen molar-refractivity contribution in [1.29, 1.82) is 0 Å². The summed E-state index contributed by atoms with van der Waals surface area (Å²) in [5, 5.41) is 12.3. The molecule has 3 heteroatoms. The minimum atomic E-state index is 0.205. The number of hydrogen-bond acceptors (Lipinski definition) is 3. The summed E-state index contributed by atoms with van der Waals surface area (Å²) in [5.74, 6) is 0. The first-order valence-corrected chi connectivity index (χ1v) is 4.64. The summed E-state index contributed by atoms with van der Waals surface area (Å²) in [7, 11) is 1.70. The van der Waals surface area contributed by atoms with E-state index in [0.29, 0.717) is 12.6 Å². The van der Waals surface area contributed by atoms with Crippen molar-refractivity contribution >= 4 is 0 Å². The van der Waals surface area contributed by atoms with Crippen LogP contribution in [0.3, 0.4) is 0 Å². The van der Waals surface area contributed by atoms with Gasteiger partial charge >= 0.3 is 0 Å². The van der Waals surface area contributed by atoms with Crippen LogP contribution in [0.5, 0.6) is 0 Å². The lowest BCUT2D eigenvalue weighted by Crippen LogP contribution is -2.42. The van der Waals surface area contributed by atoms with Crippen molar-refractivity contribution < 1.29 is 9.84 Å². The fraction of sp³-hybridized carbons (Fsp3) is 1.00. The molecule has 0 spiro atoms. The Labute approximate surface area is 75.1 Å². The highest BCUT2D eigenvalue weighted by atomic mass is 16.5. The summed E-state index contributed by atoms with van der Waals surface area (Å²) in [6.07, 6.45) is 1.99. The molecule has 0 aromatic carbocycles. The molecule has 1 unspecified atom stereocenters. The molecule has 0 amide bonds. The molecule has 12 heavy (non-hydrogen) atoms. The average Bonchev–Trinajstić information content (AvgIpc) is 2.12. The van der Waals surface area contributed by atoms with E-state index in [2.05, 4.69) is 19.2 Å². The number of aliphatic hydroxyl groups excluding tert-OH is 1. The molecule has 0 saturated heterocycles. The topological polar surface area (TPSA) is 41.5 Å². The zero-order valence-corrected chi connectivity index (χ0v) is 8.34. The summed E-state index contributed by atoms with van der Waals surface area (Å²) < 4.78 is 5.04. The van der Waals surface area contributed by atoms with Crippen molar-refractivity contribution in [1.82, 2.24) is 5.32 Å². The first-order chi connectivity index (χ1) is 5.78. The summed E-state index contributed by atoms with van der Waals surface area (Å²) >= 11 is 0. The van der Waals surface area contributed by atoms with Crippen LogP contribution in [0.15, 0.2) is 0 Å². The van der Waals surface area contributed by atoms with E-state index >= 15 is 0 Å². The van der Waals surface area contributed by atoms with E-state index < -0.39 is 0 Å². The third kappa shape index (κ3) is 4.70. The Balaban J connectivity index is 3.65. The van der Waals surface area contributed by atoms with Crippen molar-refractivity contribution in [2.45, 2.75) is 38.8 Å². The minimum absolute atomic E-state index is 0.205. The zero-order chi connectivity index (χ0) is 9.40. The molecule has 0 bridgehead atoms. The molecule has 0 rings (SSSR count). The largest absolute Gasteiger partial charge is 0.395 e. The van der Waals surface area contributed by atoms with E-state index in [-0.39, 0.29) is 12.6 Å². The molecule has 3 nitrogen and oxygen atoms in total. The lowest BCUT2D eigenvalue weighted by atomic mass is 10.1. The van der Waals surface area contributed by atoms with Crippen LogP contribution in [-0.4, -0.2) is 37.5 Å². The van der Waals surface area contributed by atoms with Gasteiger partial charge in [0.1, 0.15) is 0 Å². The van der Waals surface area contributed by atoms with Crippen molar-refractivity contribution in [2.24, 2.45) is 0 Å². The maximum atomic E-state index is 8.94. The Hall–Kier alpha value is -0.120. The van der Waals surface area contributed by atoms with Crippen LogP contribution in [-0.2, 0) is 4.74 Å². The van der Waals surface area contributed by atoms with Gasteiger partial charge in [-0.15, -0.1) is 0 Å². The predicted molar refractivity (Wildman–Crippen MR) is 50.3 cm³/mol. The van der Waals surface area contributed by atoms with Crippen molar-refractivity contribution in [3.05, 3.63) is 0 Å². The van der Waals surface area contributed by atoms with Crippen LogP contribution >= 0.6 is 0 Å². The van der Waals surface area contributed by atoms with E-state index in [1.807, 2.05) is 0 Å². The van der Waals surface area contributed by atoms with Gasteiger partial charge in [-0.2, -0.15) is 0 Å². The molecule has 0 fully saturated rings. The second-order valence-corrected chi connectivity index (χ2v) is 3.01. The lowest BCUT2D eigenvalue weighted by Gasteiger charge is -2.21. The third-order valence-corrected chi connectivity index (χ3v) is 2.05. The molecule has 0 aromatic heterocycles. The van der Waals surface area contributed by atoms with E-state index in [1.165, 1.54) is 0 Å². The zero-order valence-electron chi connectivity index (χ0n) is 8.34. The quantitative estimate of drug-likeness (QED) is 0.600. The molecule has 0 saturated carbocycles. The average molecular weight is 175 g/mol. The Kier molecular flexibility index (Phi) is 7.45. The van der Waals surface area contributed by atoms with E-state index in [4.69, 9.17) is 9.84 Å². The number of aliphatic hydroxyl groups is 1. The van der Waals surface area contributed by atoms with Crippen LogP contribution in [0.2, 0.25) is 0 Å². The summed E-state index contributed by atoms with van der Waals surface area (Å²) in [6, 6.07) is 0.581.